The van der Waals surface area contributed by atoms with E-state index in [0.29, 0.717) is 32.7 Å². The second-order valence-electron chi connectivity index (χ2n) is 5.69. The number of nitrogens with one attached hydrogen (secondary N) is 1. The van der Waals surface area contributed by atoms with Crippen molar-refractivity contribution < 1.29 is 27.5 Å². The Labute approximate surface area is 142 Å². The summed E-state index contributed by atoms with van der Waals surface area (Å²) < 4.78 is 36.1. The second kappa shape index (κ2) is 8.63. The van der Waals surface area contributed by atoms with E-state index in [1.54, 1.807) is 6.92 Å². The highest BCUT2D eigenvalue weighted by molar-refractivity contribution is 7.89. The fraction of sp³-hybridized carbons (Fsp3) is 0.857. The van der Waals surface area contributed by atoms with Crippen molar-refractivity contribution >= 4 is 22.0 Å². The average Bonchev–Trinajstić information content (AvgIpc) is 3.09. The van der Waals surface area contributed by atoms with Crippen LogP contribution in [0.15, 0.2) is 0 Å². The van der Waals surface area contributed by atoms with Gasteiger partial charge in [0.15, 0.2) is 0 Å². The van der Waals surface area contributed by atoms with E-state index < -0.39 is 22.2 Å². The molecule has 0 spiro atoms. The molecular formula is C14H25N3O6S. The third kappa shape index (κ3) is 5.05. The number of nitrogens with zero attached hydrogens (tertiary/aromatic N) is 2. The third-order valence-corrected chi connectivity index (χ3v) is 5.91. The Morgan fingerprint density at radius 2 is 1.96 bits per heavy atom. The fourth-order valence-electron chi connectivity index (χ4n) is 2.69. The number of piperazine rings is 1. The lowest BCUT2D eigenvalue weighted by molar-refractivity contribution is -0.129. The summed E-state index contributed by atoms with van der Waals surface area (Å²) in [5, 5.41) is 2.61. The molecule has 1 atom stereocenters. The zero-order chi connectivity index (χ0) is 17.6. The van der Waals surface area contributed by atoms with E-state index >= 15 is 0 Å². The SMILES string of the molecule is CCOC(=O)N1CCN(S(=O)(=O)CCNC(=O)C2CCCO2)CC1. The smallest absolute Gasteiger partial charge is 0.409 e. The Balaban J connectivity index is 1.73. The van der Waals surface area contributed by atoms with Crippen molar-refractivity contribution in [2.24, 2.45) is 0 Å². The summed E-state index contributed by atoms with van der Waals surface area (Å²) in [5.74, 6) is -0.417. The molecule has 2 amide bonds. The lowest BCUT2D eigenvalue weighted by Gasteiger charge is -2.33. The molecular weight excluding hydrogens is 338 g/mol. The van der Waals surface area contributed by atoms with Gasteiger partial charge in [-0.3, -0.25) is 4.79 Å². The van der Waals surface area contributed by atoms with Gasteiger partial charge >= 0.3 is 6.09 Å². The molecule has 2 rings (SSSR count). The summed E-state index contributed by atoms with van der Waals surface area (Å²) in [4.78, 5) is 24.9. The molecule has 1 N–H and O–H groups in total. The lowest BCUT2D eigenvalue weighted by atomic mass is 10.2. The number of rotatable bonds is 6. The topological polar surface area (TPSA) is 105 Å². The molecule has 0 radical (unpaired) electrons. The number of amides is 2. The quantitative estimate of drug-likeness (QED) is 0.675. The molecule has 24 heavy (non-hydrogen) atoms. The van der Waals surface area contributed by atoms with Gasteiger partial charge in [0.25, 0.3) is 0 Å². The monoisotopic (exact) mass is 363 g/mol. The molecule has 0 aromatic heterocycles. The number of ether oxygens (including phenoxy) is 2. The lowest BCUT2D eigenvalue weighted by Crippen LogP contribution is -2.52. The van der Waals surface area contributed by atoms with Gasteiger partial charge in [-0.25, -0.2) is 13.2 Å². The van der Waals surface area contributed by atoms with Crippen molar-refractivity contribution in [2.75, 3.05) is 51.7 Å². The van der Waals surface area contributed by atoms with Crippen LogP contribution in [0.3, 0.4) is 0 Å². The average molecular weight is 363 g/mol. The number of hydrogen-bond acceptors (Lipinski definition) is 6. The van der Waals surface area contributed by atoms with Gasteiger partial charge in [-0.15, -0.1) is 0 Å². The highest BCUT2D eigenvalue weighted by Gasteiger charge is 2.29. The van der Waals surface area contributed by atoms with E-state index in [1.807, 2.05) is 0 Å². The predicted octanol–water partition coefficient (Wildman–Crippen LogP) is -0.614. The Morgan fingerprint density at radius 3 is 2.54 bits per heavy atom. The molecule has 2 aliphatic rings. The van der Waals surface area contributed by atoms with Crippen molar-refractivity contribution in [1.82, 2.24) is 14.5 Å². The highest BCUT2D eigenvalue weighted by Crippen LogP contribution is 2.12. The standard InChI is InChI=1S/C14H25N3O6S/c1-2-22-14(19)16-6-8-17(9-7-16)24(20,21)11-5-15-13(18)12-4-3-10-23-12/h12H,2-11H2,1H3,(H,15,18). The number of hydrogen-bond donors (Lipinski definition) is 1. The maximum absolute atomic E-state index is 12.3. The Morgan fingerprint density at radius 1 is 1.25 bits per heavy atom. The summed E-state index contributed by atoms with van der Waals surface area (Å²) in [5.41, 5.74) is 0. The molecule has 9 nitrogen and oxygen atoms in total. The first-order valence-electron chi connectivity index (χ1n) is 8.23. The molecule has 2 heterocycles. The summed E-state index contributed by atoms with van der Waals surface area (Å²) in [6.45, 7) is 3.73. The maximum Gasteiger partial charge on any atom is 0.409 e. The van der Waals surface area contributed by atoms with Crippen molar-refractivity contribution in [3.8, 4) is 0 Å². The van der Waals surface area contributed by atoms with Gasteiger partial charge in [-0.05, 0) is 19.8 Å². The predicted molar refractivity (Wildman–Crippen MR) is 85.9 cm³/mol. The largest absolute Gasteiger partial charge is 0.450 e. The number of sulfonamides is 1. The zero-order valence-electron chi connectivity index (χ0n) is 13.9. The van der Waals surface area contributed by atoms with Gasteiger partial charge in [-0.1, -0.05) is 0 Å². The number of carbonyl (C=O) groups is 2. The van der Waals surface area contributed by atoms with Crippen LogP contribution in [0.25, 0.3) is 0 Å². The molecule has 0 aromatic rings. The third-order valence-electron chi connectivity index (χ3n) is 4.04. The van der Waals surface area contributed by atoms with Crippen molar-refractivity contribution in [2.45, 2.75) is 25.9 Å². The first-order chi connectivity index (χ1) is 11.4. The summed E-state index contributed by atoms with van der Waals surface area (Å²) in [7, 11) is -3.46. The Kier molecular flexibility index (Phi) is 6.81. The van der Waals surface area contributed by atoms with Crippen LogP contribution < -0.4 is 5.32 Å². The minimum atomic E-state index is -3.46. The van der Waals surface area contributed by atoms with E-state index in [2.05, 4.69) is 5.32 Å². The normalized spacial score (nSPS) is 22.4. The maximum atomic E-state index is 12.3. The fourth-order valence-corrected chi connectivity index (χ4v) is 4.03. The van der Waals surface area contributed by atoms with E-state index in [1.165, 1.54) is 9.21 Å². The van der Waals surface area contributed by atoms with Crippen LogP contribution in [0.2, 0.25) is 0 Å². The first-order valence-corrected chi connectivity index (χ1v) is 9.84. The van der Waals surface area contributed by atoms with Crippen LogP contribution >= 0.6 is 0 Å². The molecule has 2 aliphatic heterocycles. The summed E-state index contributed by atoms with van der Waals surface area (Å²) in [6, 6.07) is 0. The van der Waals surface area contributed by atoms with Gasteiger partial charge in [0, 0.05) is 39.3 Å². The molecule has 138 valence electrons. The van der Waals surface area contributed by atoms with Gasteiger partial charge < -0.3 is 19.7 Å². The van der Waals surface area contributed by atoms with Crippen LogP contribution in [0, 0.1) is 0 Å². The summed E-state index contributed by atoms with van der Waals surface area (Å²) >= 11 is 0. The molecule has 10 heteroatoms. The first kappa shape index (κ1) is 18.9. The molecule has 0 saturated carbocycles. The van der Waals surface area contributed by atoms with Gasteiger partial charge in [0.2, 0.25) is 15.9 Å². The van der Waals surface area contributed by atoms with E-state index in [9.17, 15) is 18.0 Å². The summed E-state index contributed by atoms with van der Waals surface area (Å²) in [6.07, 6.45) is 0.648. The molecule has 0 bridgehead atoms. The van der Waals surface area contributed by atoms with Crippen LogP contribution in [-0.4, -0.2) is 87.4 Å². The molecule has 2 saturated heterocycles. The van der Waals surface area contributed by atoms with Gasteiger partial charge in [0.05, 0.1) is 12.4 Å². The Hall–Kier alpha value is -1.39. The molecule has 1 unspecified atom stereocenters. The Bertz CT molecular complexity index is 539. The van der Waals surface area contributed by atoms with Crippen LogP contribution in [0.4, 0.5) is 4.79 Å². The number of carbonyl (C=O) groups excluding carboxylic acids is 2. The van der Waals surface area contributed by atoms with Crippen LogP contribution in [0.1, 0.15) is 19.8 Å². The van der Waals surface area contributed by atoms with E-state index in [-0.39, 0.29) is 31.3 Å². The molecule has 0 aromatic carbocycles. The van der Waals surface area contributed by atoms with Gasteiger partial charge in [-0.2, -0.15) is 4.31 Å². The van der Waals surface area contributed by atoms with Gasteiger partial charge in [0.1, 0.15) is 6.10 Å². The van der Waals surface area contributed by atoms with Crippen LogP contribution in [-0.2, 0) is 24.3 Å². The highest BCUT2D eigenvalue weighted by atomic mass is 32.2. The minimum absolute atomic E-state index is 0.0547. The van der Waals surface area contributed by atoms with Crippen molar-refractivity contribution in [3.63, 3.8) is 0 Å². The zero-order valence-corrected chi connectivity index (χ0v) is 14.7. The van der Waals surface area contributed by atoms with Crippen LogP contribution in [0.5, 0.6) is 0 Å². The van der Waals surface area contributed by atoms with Crippen molar-refractivity contribution in [3.05, 3.63) is 0 Å². The van der Waals surface area contributed by atoms with E-state index in [0.717, 1.165) is 6.42 Å². The van der Waals surface area contributed by atoms with Crippen molar-refractivity contribution in [1.29, 1.82) is 0 Å². The molecule has 2 fully saturated rings. The molecule has 0 aliphatic carbocycles. The second-order valence-corrected chi connectivity index (χ2v) is 7.78. The van der Waals surface area contributed by atoms with E-state index in [4.69, 9.17) is 9.47 Å². The minimum Gasteiger partial charge on any atom is -0.450 e.